The van der Waals surface area contributed by atoms with E-state index in [1.165, 1.54) is 0 Å². The van der Waals surface area contributed by atoms with Crippen LogP contribution in [0, 0.1) is 0 Å². The van der Waals surface area contributed by atoms with Crippen molar-refractivity contribution in [2.24, 2.45) is 0 Å². The summed E-state index contributed by atoms with van der Waals surface area (Å²) in [6.07, 6.45) is 3.50. The molecule has 27 heavy (non-hydrogen) atoms. The molecule has 0 aliphatic carbocycles. The molecule has 2 N–H and O–H groups in total. The first-order valence-corrected chi connectivity index (χ1v) is 9.09. The number of carbonyl (C=O) groups is 3. The van der Waals surface area contributed by atoms with Crippen molar-refractivity contribution in [1.29, 1.82) is 0 Å². The molecule has 0 saturated carbocycles. The standard InChI is InChI=1S/C20H15N3O3S/c24-18(21-14-6-2-1-3-7-14)12-23-11-13(15-8-4-5-9-16(15)23)10-17-19(25)22-20(26)27-17/h1-11H,12H2,(H,21,24)(H,22,25,26)/b17-10-. The molecule has 0 bridgehead atoms. The Balaban J connectivity index is 1.64. The Morgan fingerprint density at radius 1 is 1.07 bits per heavy atom. The minimum atomic E-state index is -0.399. The maximum atomic E-state index is 12.4. The molecule has 4 rings (SSSR count). The highest BCUT2D eigenvalue weighted by atomic mass is 32.2. The number of amides is 3. The van der Waals surface area contributed by atoms with Crippen molar-refractivity contribution >= 4 is 51.5 Å². The molecule has 134 valence electrons. The Morgan fingerprint density at radius 3 is 2.56 bits per heavy atom. The quantitative estimate of drug-likeness (QED) is 0.681. The van der Waals surface area contributed by atoms with E-state index in [4.69, 9.17) is 0 Å². The zero-order chi connectivity index (χ0) is 18.8. The highest BCUT2D eigenvalue weighted by Gasteiger charge is 2.25. The smallest absolute Gasteiger partial charge is 0.290 e. The van der Waals surface area contributed by atoms with Crippen LogP contribution < -0.4 is 10.6 Å². The molecule has 0 unspecified atom stereocenters. The van der Waals surface area contributed by atoms with Crippen LogP contribution in [-0.4, -0.2) is 21.6 Å². The van der Waals surface area contributed by atoms with Crippen LogP contribution in [0.3, 0.4) is 0 Å². The van der Waals surface area contributed by atoms with Crippen molar-refractivity contribution in [3.05, 3.63) is 71.3 Å². The Bertz CT molecular complexity index is 1090. The molecule has 0 atom stereocenters. The Morgan fingerprint density at radius 2 is 1.81 bits per heavy atom. The molecule has 3 aromatic rings. The third-order valence-corrected chi connectivity index (χ3v) is 4.93. The topological polar surface area (TPSA) is 80.2 Å². The van der Waals surface area contributed by atoms with Crippen molar-refractivity contribution in [2.75, 3.05) is 5.32 Å². The van der Waals surface area contributed by atoms with E-state index in [9.17, 15) is 14.4 Å². The number of benzene rings is 2. The summed E-state index contributed by atoms with van der Waals surface area (Å²) in [7, 11) is 0. The van der Waals surface area contributed by atoms with Gasteiger partial charge in [-0.15, -0.1) is 0 Å². The lowest BCUT2D eigenvalue weighted by molar-refractivity contribution is -0.117. The molecule has 0 spiro atoms. The van der Waals surface area contributed by atoms with Gasteiger partial charge in [0, 0.05) is 28.4 Å². The largest absolute Gasteiger partial charge is 0.337 e. The maximum absolute atomic E-state index is 12.4. The van der Waals surface area contributed by atoms with Gasteiger partial charge in [-0.05, 0) is 36.0 Å². The number of anilines is 1. The van der Waals surface area contributed by atoms with Crippen molar-refractivity contribution in [3.63, 3.8) is 0 Å². The monoisotopic (exact) mass is 377 g/mol. The van der Waals surface area contributed by atoms with Gasteiger partial charge in [0.25, 0.3) is 11.1 Å². The highest BCUT2D eigenvalue weighted by molar-refractivity contribution is 8.18. The number of rotatable bonds is 4. The first-order chi connectivity index (χ1) is 13.1. The number of nitrogens with one attached hydrogen (secondary N) is 2. The van der Waals surface area contributed by atoms with Crippen LogP contribution in [0.1, 0.15) is 5.56 Å². The Labute approximate surface area is 159 Å². The number of hydrogen-bond acceptors (Lipinski definition) is 4. The molecule has 1 aliphatic rings. The van der Waals surface area contributed by atoms with Crippen molar-refractivity contribution < 1.29 is 14.4 Å². The fourth-order valence-electron chi connectivity index (χ4n) is 2.96. The highest BCUT2D eigenvalue weighted by Crippen LogP contribution is 2.29. The number of aromatic nitrogens is 1. The van der Waals surface area contributed by atoms with E-state index in [2.05, 4.69) is 10.6 Å². The third kappa shape index (κ3) is 3.63. The predicted molar refractivity (Wildman–Crippen MR) is 106 cm³/mol. The van der Waals surface area contributed by atoms with E-state index in [1.807, 2.05) is 65.4 Å². The zero-order valence-electron chi connectivity index (χ0n) is 14.1. The Hall–Kier alpha value is -3.32. The van der Waals surface area contributed by atoms with Crippen LogP contribution >= 0.6 is 11.8 Å². The van der Waals surface area contributed by atoms with Crippen LogP contribution in [0.25, 0.3) is 17.0 Å². The molecule has 2 aromatic carbocycles. The second-order valence-corrected chi connectivity index (χ2v) is 7.01. The van der Waals surface area contributed by atoms with Gasteiger partial charge < -0.3 is 9.88 Å². The van der Waals surface area contributed by atoms with Crippen molar-refractivity contribution in [1.82, 2.24) is 9.88 Å². The maximum Gasteiger partial charge on any atom is 0.290 e. The van der Waals surface area contributed by atoms with E-state index in [1.54, 1.807) is 6.08 Å². The Kier molecular flexibility index (Phi) is 4.52. The van der Waals surface area contributed by atoms with E-state index in [0.717, 1.165) is 33.9 Å². The lowest BCUT2D eigenvalue weighted by atomic mass is 10.1. The van der Waals surface area contributed by atoms with Gasteiger partial charge in [0.2, 0.25) is 5.91 Å². The summed E-state index contributed by atoms with van der Waals surface area (Å²) in [4.78, 5) is 36.0. The molecule has 2 heterocycles. The van der Waals surface area contributed by atoms with Crippen LogP contribution in [-0.2, 0) is 16.1 Å². The minimum Gasteiger partial charge on any atom is -0.337 e. The summed E-state index contributed by atoms with van der Waals surface area (Å²) in [5.41, 5.74) is 2.39. The molecule has 7 heteroatoms. The zero-order valence-corrected chi connectivity index (χ0v) is 15.0. The van der Waals surface area contributed by atoms with Crippen molar-refractivity contribution in [2.45, 2.75) is 6.54 Å². The predicted octanol–water partition coefficient (Wildman–Crippen LogP) is 3.60. The van der Waals surface area contributed by atoms with Gasteiger partial charge in [-0.1, -0.05) is 36.4 Å². The van der Waals surface area contributed by atoms with Gasteiger partial charge in [0.05, 0.1) is 4.91 Å². The van der Waals surface area contributed by atoms with Gasteiger partial charge in [-0.2, -0.15) is 0 Å². The van der Waals surface area contributed by atoms with Crippen LogP contribution in [0.4, 0.5) is 10.5 Å². The lowest BCUT2D eigenvalue weighted by Gasteiger charge is -2.07. The normalized spacial score (nSPS) is 15.3. The lowest BCUT2D eigenvalue weighted by Crippen LogP contribution is -2.18. The summed E-state index contributed by atoms with van der Waals surface area (Å²) in [6, 6.07) is 16.9. The van der Waals surface area contributed by atoms with Crippen molar-refractivity contribution in [3.8, 4) is 0 Å². The number of thioether (sulfide) groups is 1. The first kappa shape index (κ1) is 17.1. The van der Waals surface area contributed by atoms with Gasteiger partial charge in [-0.3, -0.25) is 19.7 Å². The minimum absolute atomic E-state index is 0.136. The molecule has 1 fully saturated rings. The average molecular weight is 377 g/mol. The molecular weight excluding hydrogens is 362 g/mol. The molecular formula is C20H15N3O3S. The molecule has 3 amide bonds. The van der Waals surface area contributed by atoms with Crippen LogP contribution in [0.15, 0.2) is 65.7 Å². The van der Waals surface area contributed by atoms with Gasteiger partial charge in [-0.25, -0.2) is 0 Å². The number of nitrogens with zero attached hydrogens (tertiary/aromatic N) is 1. The van der Waals surface area contributed by atoms with Crippen LogP contribution in [0.5, 0.6) is 0 Å². The average Bonchev–Trinajstić information content (AvgIpc) is 3.16. The SMILES string of the molecule is O=C(Cn1cc(/C=C2\SC(=O)NC2=O)c2ccccc21)Nc1ccccc1. The van der Waals surface area contributed by atoms with Crippen LogP contribution in [0.2, 0.25) is 0 Å². The summed E-state index contributed by atoms with van der Waals surface area (Å²) in [5, 5.41) is 5.64. The number of para-hydroxylation sites is 2. The van der Waals surface area contributed by atoms with E-state index < -0.39 is 5.91 Å². The van der Waals surface area contributed by atoms with E-state index in [0.29, 0.717) is 4.91 Å². The van der Waals surface area contributed by atoms with E-state index in [-0.39, 0.29) is 17.7 Å². The second-order valence-electron chi connectivity index (χ2n) is 6.00. The molecule has 1 saturated heterocycles. The summed E-state index contributed by atoms with van der Waals surface area (Å²) >= 11 is 0.875. The first-order valence-electron chi connectivity index (χ1n) is 8.28. The number of carbonyl (C=O) groups excluding carboxylic acids is 3. The second kappa shape index (κ2) is 7.13. The summed E-state index contributed by atoms with van der Waals surface area (Å²) in [5.74, 6) is -0.548. The third-order valence-electron chi connectivity index (χ3n) is 4.12. The summed E-state index contributed by atoms with van der Waals surface area (Å²) in [6.45, 7) is 0.136. The molecule has 6 nitrogen and oxygen atoms in total. The fourth-order valence-corrected chi connectivity index (χ4v) is 3.63. The number of hydrogen-bond donors (Lipinski definition) is 2. The van der Waals surface area contributed by atoms with Gasteiger partial charge >= 0.3 is 0 Å². The van der Waals surface area contributed by atoms with Gasteiger partial charge in [0.15, 0.2) is 0 Å². The van der Waals surface area contributed by atoms with Gasteiger partial charge in [0.1, 0.15) is 6.54 Å². The molecule has 1 aromatic heterocycles. The number of fused-ring (bicyclic) bond motifs is 1. The summed E-state index contributed by atoms with van der Waals surface area (Å²) < 4.78 is 1.83. The molecule has 0 radical (unpaired) electrons. The molecule has 1 aliphatic heterocycles. The van der Waals surface area contributed by atoms with E-state index >= 15 is 0 Å². The number of imide groups is 1. The fraction of sp³-hybridized carbons (Fsp3) is 0.0500.